The lowest BCUT2D eigenvalue weighted by Gasteiger charge is -2.31. The maximum absolute atomic E-state index is 12.2. The number of carbonyl (C=O) groups excluding carboxylic acids is 1. The number of rotatable bonds is 5. The van der Waals surface area contributed by atoms with Gasteiger partial charge in [0.25, 0.3) is 0 Å². The third kappa shape index (κ3) is 4.22. The predicted molar refractivity (Wildman–Crippen MR) is 84.8 cm³/mol. The fourth-order valence-electron chi connectivity index (χ4n) is 2.87. The number of likely N-dealkylation sites (tertiary alicyclic amines) is 1. The lowest BCUT2D eigenvalue weighted by molar-refractivity contribution is -0.151. The summed E-state index contributed by atoms with van der Waals surface area (Å²) in [5.74, 6) is -0.0556. The molecule has 1 aromatic rings. The summed E-state index contributed by atoms with van der Waals surface area (Å²) in [5.41, 5.74) is 1.02. The van der Waals surface area contributed by atoms with Crippen molar-refractivity contribution in [2.75, 3.05) is 26.2 Å². The van der Waals surface area contributed by atoms with Gasteiger partial charge in [0.05, 0.1) is 12.5 Å². The molecule has 0 N–H and O–H groups in total. The number of nitrogens with zero attached hydrogens (tertiary/aromatic N) is 1. The van der Waals surface area contributed by atoms with Crippen molar-refractivity contribution in [3.8, 4) is 0 Å². The lowest BCUT2D eigenvalue weighted by atomic mass is 9.96. The van der Waals surface area contributed by atoms with Crippen molar-refractivity contribution in [2.24, 2.45) is 5.92 Å². The van der Waals surface area contributed by atoms with E-state index in [2.05, 4.69) is 11.8 Å². The highest BCUT2D eigenvalue weighted by atomic mass is 35.5. The molecule has 0 aliphatic carbocycles. The Balaban J connectivity index is 1.40. The number of hydrogen-bond donors (Lipinski definition) is 0. The van der Waals surface area contributed by atoms with Crippen LogP contribution in [0.5, 0.6) is 0 Å². The van der Waals surface area contributed by atoms with Gasteiger partial charge in [0.15, 0.2) is 0 Å². The van der Waals surface area contributed by atoms with Crippen LogP contribution in [-0.4, -0.2) is 42.7 Å². The van der Waals surface area contributed by atoms with Crippen LogP contribution in [0, 0.1) is 5.92 Å². The first-order chi connectivity index (χ1) is 10.5. The molecule has 0 amide bonds. The fourth-order valence-corrected chi connectivity index (χ4v) is 2.99. The van der Waals surface area contributed by atoms with Crippen LogP contribution in [-0.2, 0) is 20.9 Å². The molecule has 22 heavy (non-hydrogen) atoms. The summed E-state index contributed by atoms with van der Waals surface area (Å²) < 4.78 is 10.9. The van der Waals surface area contributed by atoms with Crippen molar-refractivity contribution >= 4 is 17.6 Å². The first-order valence-electron chi connectivity index (χ1n) is 7.81. The molecule has 120 valence electrons. The van der Waals surface area contributed by atoms with Crippen molar-refractivity contribution in [1.29, 1.82) is 0 Å². The van der Waals surface area contributed by atoms with E-state index in [1.165, 1.54) is 0 Å². The molecule has 2 saturated heterocycles. The first kappa shape index (κ1) is 15.8. The van der Waals surface area contributed by atoms with Gasteiger partial charge in [-0.05, 0) is 50.6 Å². The summed E-state index contributed by atoms with van der Waals surface area (Å²) in [4.78, 5) is 14.5. The van der Waals surface area contributed by atoms with E-state index in [-0.39, 0.29) is 17.5 Å². The third-order valence-corrected chi connectivity index (χ3v) is 4.66. The maximum Gasteiger partial charge on any atom is 0.309 e. The molecule has 0 radical (unpaired) electrons. The number of ether oxygens (including phenoxy) is 2. The van der Waals surface area contributed by atoms with Gasteiger partial charge in [-0.3, -0.25) is 4.79 Å². The number of hydrogen-bond acceptors (Lipinski definition) is 4. The van der Waals surface area contributed by atoms with Gasteiger partial charge in [0.1, 0.15) is 12.2 Å². The van der Waals surface area contributed by atoms with Gasteiger partial charge in [-0.15, -0.1) is 0 Å². The molecule has 1 unspecified atom stereocenters. The van der Waals surface area contributed by atoms with Crippen LogP contribution in [0.1, 0.15) is 25.3 Å². The molecule has 2 aliphatic heterocycles. The number of esters is 1. The van der Waals surface area contributed by atoms with Gasteiger partial charge >= 0.3 is 5.97 Å². The van der Waals surface area contributed by atoms with Gasteiger partial charge in [-0.2, -0.15) is 0 Å². The van der Waals surface area contributed by atoms with E-state index in [1.54, 1.807) is 0 Å². The summed E-state index contributed by atoms with van der Waals surface area (Å²) in [6, 6.07) is 7.39. The van der Waals surface area contributed by atoms with Crippen molar-refractivity contribution in [3.63, 3.8) is 0 Å². The Morgan fingerprint density at radius 2 is 2.00 bits per heavy atom. The highest BCUT2D eigenvalue weighted by Gasteiger charge is 2.41. The van der Waals surface area contributed by atoms with Crippen LogP contribution in [0.4, 0.5) is 0 Å². The minimum Gasteiger partial charge on any atom is -0.461 e. The smallest absolute Gasteiger partial charge is 0.309 e. The van der Waals surface area contributed by atoms with Gasteiger partial charge in [-0.1, -0.05) is 23.7 Å². The molecule has 0 saturated carbocycles. The lowest BCUT2D eigenvalue weighted by Crippen LogP contribution is -2.41. The zero-order chi connectivity index (χ0) is 15.6. The minimum absolute atomic E-state index is 0.0245. The summed E-state index contributed by atoms with van der Waals surface area (Å²) in [6.45, 7) is 6.18. The molecule has 0 bridgehead atoms. The Bertz CT molecular complexity index is 519. The maximum atomic E-state index is 12.2. The van der Waals surface area contributed by atoms with Crippen molar-refractivity contribution in [1.82, 2.24) is 4.90 Å². The predicted octanol–water partition coefficient (Wildman–Crippen LogP) is 2.88. The van der Waals surface area contributed by atoms with Crippen LogP contribution < -0.4 is 0 Å². The van der Waals surface area contributed by atoms with E-state index in [4.69, 9.17) is 21.1 Å². The van der Waals surface area contributed by atoms with Crippen LogP contribution in [0.3, 0.4) is 0 Å². The van der Waals surface area contributed by atoms with Gasteiger partial charge in [0.2, 0.25) is 0 Å². The number of piperidine rings is 1. The summed E-state index contributed by atoms with van der Waals surface area (Å²) in [6.07, 6.45) is 1.74. The molecule has 0 spiro atoms. The Hall–Kier alpha value is -1.10. The summed E-state index contributed by atoms with van der Waals surface area (Å²) in [5, 5.41) is 0.691. The minimum atomic E-state index is -0.0801. The molecule has 2 heterocycles. The zero-order valence-corrected chi connectivity index (χ0v) is 13.6. The van der Waals surface area contributed by atoms with Crippen molar-refractivity contribution in [3.05, 3.63) is 34.9 Å². The normalized spacial score (nSPS) is 25.9. The molecule has 2 aliphatic rings. The molecule has 2 fully saturated rings. The Kier molecular flexibility index (Phi) is 4.71. The molecule has 4 nitrogen and oxygen atoms in total. The standard InChI is InChI=1S/C17H22ClNO3/c1-17(12-22-17)11-19-8-6-14(7-9-19)16(20)21-10-13-2-4-15(18)5-3-13/h2-5,14H,6-12H2,1H3. The Morgan fingerprint density at radius 1 is 1.36 bits per heavy atom. The number of halogens is 1. The van der Waals surface area contributed by atoms with E-state index in [0.29, 0.717) is 11.6 Å². The average Bonchev–Trinajstić information content (AvgIpc) is 3.24. The first-order valence-corrected chi connectivity index (χ1v) is 8.19. The second-order valence-electron chi connectivity index (χ2n) is 6.52. The Labute approximate surface area is 136 Å². The second-order valence-corrected chi connectivity index (χ2v) is 6.96. The second kappa shape index (κ2) is 6.57. The number of epoxide rings is 1. The summed E-state index contributed by atoms with van der Waals surface area (Å²) in [7, 11) is 0. The molecular formula is C17H22ClNO3. The topological polar surface area (TPSA) is 42.1 Å². The van der Waals surface area contributed by atoms with Crippen molar-refractivity contribution in [2.45, 2.75) is 32.0 Å². The van der Waals surface area contributed by atoms with Gasteiger partial charge in [0, 0.05) is 11.6 Å². The quantitative estimate of drug-likeness (QED) is 0.617. The van der Waals surface area contributed by atoms with E-state index in [0.717, 1.165) is 44.6 Å². The monoisotopic (exact) mass is 323 g/mol. The zero-order valence-electron chi connectivity index (χ0n) is 12.9. The molecule has 1 atom stereocenters. The molecule has 1 aromatic carbocycles. The van der Waals surface area contributed by atoms with Crippen LogP contribution >= 0.6 is 11.6 Å². The van der Waals surface area contributed by atoms with E-state index in [9.17, 15) is 4.79 Å². The number of benzene rings is 1. The molecule has 3 rings (SSSR count). The van der Waals surface area contributed by atoms with Gasteiger partial charge in [-0.25, -0.2) is 0 Å². The van der Waals surface area contributed by atoms with E-state index < -0.39 is 0 Å². The SMILES string of the molecule is CC1(CN2CCC(C(=O)OCc3ccc(Cl)cc3)CC2)CO1. The summed E-state index contributed by atoms with van der Waals surface area (Å²) >= 11 is 5.84. The highest BCUT2D eigenvalue weighted by Crippen LogP contribution is 2.29. The highest BCUT2D eigenvalue weighted by molar-refractivity contribution is 6.30. The largest absolute Gasteiger partial charge is 0.461 e. The molecular weight excluding hydrogens is 302 g/mol. The van der Waals surface area contributed by atoms with Gasteiger partial charge < -0.3 is 14.4 Å². The Morgan fingerprint density at radius 3 is 2.59 bits per heavy atom. The molecule has 0 aromatic heterocycles. The molecule has 5 heteroatoms. The van der Waals surface area contributed by atoms with E-state index >= 15 is 0 Å². The third-order valence-electron chi connectivity index (χ3n) is 4.41. The van der Waals surface area contributed by atoms with E-state index in [1.807, 2.05) is 24.3 Å². The number of carbonyl (C=O) groups is 1. The van der Waals surface area contributed by atoms with Crippen LogP contribution in [0.2, 0.25) is 5.02 Å². The van der Waals surface area contributed by atoms with Crippen molar-refractivity contribution < 1.29 is 14.3 Å². The fraction of sp³-hybridized carbons (Fsp3) is 0.588. The van der Waals surface area contributed by atoms with Crippen LogP contribution in [0.25, 0.3) is 0 Å². The van der Waals surface area contributed by atoms with Crippen LogP contribution in [0.15, 0.2) is 24.3 Å². The average molecular weight is 324 g/mol.